The summed E-state index contributed by atoms with van der Waals surface area (Å²) in [6.07, 6.45) is -1.42. The number of rotatable bonds is 1. The van der Waals surface area contributed by atoms with Gasteiger partial charge in [-0.15, -0.1) is 4.28 Å². The van der Waals surface area contributed by atoms with Gasteiger partial charge >= 0.3 is 10.4 Å². The molecule has 1 atom stereocenters. The van der Waals surface area contributed by atoms with Gasteiger partial charge in [0.05, 0.1) is 10.6 Å². The van der Waals surface area contributed by atoms with Crippen LogP contribution in [0.2, 0.25) is 0 Å². The van der Waals surface area contributed by atoms with Gasteiger partial charge in [-0.05, 0) is 6.07 Å². The maximum absolute atomic E-state index is 11.7. The molecule has 2 bridgehead atoms. The number of carbonyl (C=O) groups is 1. The average molecular weight is 272 g/mol. The zero-order chi connectivity index (χ0) is 13.1. The van der Waals surface area contributed by atoms with Gasteiger partial charge in [-0.3, -0.25) is 14.9 Å². The lowest BCUT2D eigenvalue weighted by Crippen LogP contribution is -2.38. The third-order valence-corrected chi connectivity index (χ3v) is 3.29. The van der Waals surface area contributed by atoms with Gasteiger partial charge in [0, 0.05) is 17.7 Å². The molecule has 94 valence electrons. The van der Waals surface area contributed by atoms with E-state index in [1.165, 1.54) is 6.07 Å². The lowest BCUT2D eigenvalue weighted by Gasteiger charge is -2.20. The Morgan fingerprint density at radius 3 is 2.78 bits per heavy atom. The van der Waals surface area contributed by atoms with E-state index in [9.17, 15) is 23.3 Å². The number of carbonyl (C=O) groups excluding carboxylic acids is 1. The molecule has 0 spiro atoms. The number of nitro benzene ring substituents is 1. The molecule has 2 aliphatic heterocycles. The molecule has 9 nitrogen and oxygen atoms in total. The van der Waals surface area contributed by atoms with Crippen LogP contribution in [0, 0.1) is 10.1 Å². The van der Waals surface area contributed by atoms with Gasteiger partial charge in [-0.1, -0.05) is 0 Å². The van der Waals surface area contributed by atoms with E-state index in [1.54, 1.807) is 0 Å². The second-order valence-electron chi connectivity index (χ2n) is 3.59. The Kier molecular flexibility index (Phi) is 2.00. The Labute approximate surface area is 99.9 Å². The summed E-state index contributed by atoms with van der Waals surface area (Å²) in [5.41, 5.74) is -0.0525. The predicted octanol–water partition coefficient (Wildman–Crippen LogP) is 0.189. The molecule has 10 heteroatoms. The minimum Gasteiger partial charge on any atom is -0.269 e. The monoisotopic (exact) mass is 272 g/mol. The van der Waals surface area contributed by atoms with Gasteiger partial charge in [0.25, 0.3) is 11.6 Å². The Balaban J connectivity index is 2.18. The first-order chi connectivity index (χ1) is 8.39. The minimum absolute atomic E-state index is 0.0928. The Morgan fingerprint density at radius 1 is 1.39 bits per heavy atom. The number of hydrogen-bond acceptors (Lipinski definition) is 7. The predicted molar refractivity (Wildman–Crippen MR) is 54.4 cm³/mol. The van der Waals surface area contributed by atoms with Crippen LogP contribution in [0.1, 0.15) is 11.7 Å². The number of benzene rings is 1. The van der Waals surface area contributed by atoms with Crippen molar-refractivity contribution in [3.63, 3.8) is 0 Å². The number of anilines is 1. The number of hydroxylamine groups is 1. The van der Waals surface area contributed by atoms with E-state index >= 15 is 0 Å². The maximum Gasteiger partial charge on any atom is 0.422 e. The van der Waals surface area contributed by atoms with E-state index in [1.807, 2.05) is 0 Å². The van der Waals surface area contributed by atoms with Gasteiger partial charge < -0.3 is 0 Å². The van der Waals surface area contributed by atoms with E-state index in [-0.39, 0.29) is 16.9 Å². The Bertz CT molecular complexity index is 683. The molecule has 0 aliphatic carbocycles. The number of non-ortho nitro benzene ring substituents is 1. The Morgan fingerprint density at radius 2 is 2.11 bits per heavy atom. The van der Waals surface area contributed by atoms with Crippen molar-refractivity contribution in [1.29, 1.82) is 0 Å². The van der Waals surface area contributed by atoms with Gasteiger partial charge in [0.1, 0.15) is 0 Å². The second kappa shape index (κ2) is 3.25. The first-order valence-electron chi connectivity index (χ1n) is 4.64. The van der Waals surface area contributed by atoms with Crippen LogP contribution in [-0.2, 0) is 23.7 Å². The van der Waals surface area contributed by atoms with E-state index in [0.29, 0.717) is 5.06 Å². The zero-order valence-electron chi connectivity index (χ0n) is 8.47. The smallest absolute Gasteiger partial charge is 0.269 e. The normalized spacial score (nSPS) is 23.9. The van der Waals surface area contributed by atoms with Crippen molar-refractivity contribution in [3.8, 4) is 0 Å². The van der Waals surface area contributed by atoms with Crippen LogP contribution in [0.15, 0.2) is 18.2 Å². The molecule has 1 unspecified atom stereocenters. The highest BCUT2D eigenvalue weighted by molar-refractivity contribution is 7.82. The largest absolute Gasteiger partial charge is 0.422 e. The van der Waals surface area contributed by atoms with Crippen molar-refractivity contribution in [2.24, 2.45) is 0 Å². The molecule has 1 aromatic rings. The lowest BCUT2D eigenvalue weighted by atomic mass is 10.1. The third kappa shape index (κ3) is 1.40. The zero-order valence-corrected chi connectivity index (χ0v) is 9.29. The highest BCUT2D eigenvalue weighted by Gasteiger charge is 2.49. The SMILES string of the molecule is O=C1C2OS(=O)(=O)ON1c1ccc([N+](=O)[O-])cc12. The molecule has 1 saturated heterocycles. The molecule has 1 fully saturated rings. The van der Waals surface area contributed by atoms with Crippen molar-refractivity contribution >= 4 is 27.7 Å². The highest BCUT2D eigenvalue weighted by Crippen LogP contribution is 2.44. The molecule has 1 amide bonds. The average Bonchev–Trinajstić information content (AvgIpc) is 2.47. The summed E-state index contributed by atoms with van der Waals surface area (Å²) >= 11 is 0. The molecule has 18 heavy (non-hydrogen) atoms. The number of amides is 1. The summed E-state index contributed by atoms with van der Waals surface area (Å²) in [5.74, 6) is -0.736. The number of nitro groups is 1. The first kappa shape index (κ1) is 11.1. The molecule has 2 heterocycles. The van der Waals surface area contributed by atoms with Crippen LogP contribution >= 0.6 is 0 Å². The molecule has 1 aromatic carbocycles. The van der Waals surface area contributed by atoms with Crippen LogP contribution in [0.5, 0.6) is 0 Å². The molecule has 3 rings (SSSR count). The summed E-state index contributed by atoms with van der Waals surface area (Å²) < 4.78 is 31.2. The van der Waals surface area contributed by atoms with E-state index in [4.69, 9.17) is 0 Å². The lowest BCUT2D eigenvalue weighted by molar-refractivity contribution is -0.384. The molecule has 0 aromatic heterocycles. The third-order valence-electron chi connectivity index (χ3n) is 2.53. The van der Waals surface area contributed by atoms with E-state index in [2.05, 4.69) is 8.47 Å². The quantitative estimate of drug-likeness (QED) is 0.529. The van der Waals surface area contributed by atoms with Crippen LogP contribution < -0.4 is 5.06 Å². The molecule has 2 aliphatic rings. The standard InChI is InChI=1S/C8H4N2O7S/c11-8-7-5-3-4(10(12)13)1-2-6(5)9(8)17-18(14,15)16-7/h1-3,7H. The van der Waals surface area contributed by atoms with Crippen LogP contribution in [0.3, 0.4) is 0 Å². The van der Waals surface area contributed by atoms with Crippen LogP contribution in [-0.4, -0.2) is 19.2 Å². The topological polar surface area (TPSA) is 116 Å². The van der Waals surface area contributed by atoms with Gasteiger partial charge in [-0.25, -0.2) is 4.18 Å². The fraction of sp³-hybridized carbons (Fsp3) is 0.125. The van der Waals surface area contributed by atoms with Crippen molar-refractivity contribution in [2.75, 3.05) is 5.06 Å². The van der Waals surface area contributed by atoms with Crippen LogP contribution in [0.25, 0.3) is 0 Å². The van der Waals surface area contributed by atoms with E-state index < -0.39 is 27.3 Å². The number of hydrogen-bond donors (Lipinski definition) is 0. The van der Waals surface area contributed by atoms with Crippen molar-refractivity contribution in [1.82, 2.24) is 0 Å². The molecule has 0 N–H and O–H groups in total. The minimum atomic E-state index is -4.32. The van der Waals surface area contributed by atoms with Crippen molar-refractivity contribution in [2.45, 2.75) is 6.10 Å². The van der Waals surface area contributed by atoms with Gasteiger partial charge in [0.15, 0.2) is 6.10 Å². The summed E-state index contributed by atoms with van der Waals surface area (Å²) in [6, 6.07) is 3.46. The summed E-state index contributed by atoms with van der Waals surface area (Å²) in [4.78, 5) is 21.6. The molecule has 0 saturated carbocycles. The first-order valence-corrected chi connectivity index (χ1v) is 5.97. The molecular weight excluding hydrogens is 268 g/mol. The van der Waals surface area contributed by atoms with Crippen LogP contribution in [0.4, 0.5) is 11.4 Å². The Hall–Kier alpha value is -2.04. The summed E-state index contributed by atoms with van der Waals surface area (Å²) in [6.45, 7) is 0. The van der Waals surface area contributed by atoms with E-state index in [0.717, 1.165) is 12.1 Å². The summed E-state index contributed by atoms with van der Waals surface area (Å²) in [5, 5.41) is 11.2. The van der Waals surface area contributed by atoms with Gasteiger partial charge in [-0.2, -0.15) is 13.5 Å². The molecular formula is C8H4N2O7S. The fourth-order valence-electron chi connectivity index (χ4n) is 1.81. The highest BCUT2D eigenvalue weighted by atomic mass is 32.3. The molecule has 0 radical (unpaired) electrons. The fourth-order valence-corrected chi connectivity index (χ4v) is 2.60. The van der Waals surface area contributed by atoms with Crippen molar-refractivity contribution in [3.05, 3.63) is 33.9 Å². The number of nitrogens with zero attached hydrogens (tertiary/aromatic N) is 2. The summed E-state index contributed by atoms with van der Waals surface area (Å²) in [7, 11) is -4.32. The number of fused-ring (bicyclic) bond motifs is 5. The van der Waals surface area contributed by atoms with Gasteiger partial charge in [0.2, 0.25) is 0 Å². The van der Waals surface area contributed by atoms with Crippen molar-refractivity contribution < 1.29 is 26.6 Å². The maximum atomic E-state index is 11.7. The second-order valence-corrected chi connectivity index (χ2v) is 4.75.